The average molecular weight is 491 g/mol. The van der Waals surface area contributed by atoms with E-state index >= 15 is 0 Å². The zero-order valence-electron chi connectivity index (χ0n) is 19.0. The molecule has 2 atom stereocenters. The first kappa shape index (κ1) is 23.6. The van der Waals surface area contributed by atoms with E-state index in [0.717, 1.165) is 54.8 Å². The van der Waals surface area contributed by atoms with Gasteiger partial charge in [-0.25, -0.2) is 4.79 Å². The normalized spacial score (nSPS) is 21.5. The molecule has 2 aliphatic rings. The maximum absolute atomic E-state index is 12.9. The van der Waals surface area contributed by atoms with Gasteiger partial charge in [0, 0.05) is 49.0 Å². The highest BCUT2D eigenvalue weighted by Gasteiger charge is 2.25. The van der Waals surface area contributed by atoms with Crippen LogP contribution in [-0.4, -0.2) is 66.4 Å². The molecule has 1 aromatic rings. The van der Waals surface area contributed by atoms with E-state index in [4.69, 9.17) is 0 Å². The highest BCUT2D eigenvalue weighted by molar-refractivity contribution is 9.10. The van der Waals surface area contributed by atoms with Gasteiger partial charge in [0.2, 0.25) is 5.91 Å². The first-order chi connectivity index (χ1) is 14.7. The minimum atomic E-state index is -0.290. The van der Waals surface area contributed by atoms with Crippen LogP contribution in [0.2, 0.25) is 0 Å². The highest BCUT2D eigenvalue weighted by Crippen LogP contribution is 2.33. The predicted molar refractivity (Wildman–Crippen MR) is 130 cm³/mol. The Balaban J connectivity index is 1.68. The first-order valence-corrected chi connectivity index (χ1v) is 12.1. The van der Waals surface area contributed by atoms with Gasteiger partial charge in [0.25, 0.3) is 0 Å². The summed E-state index contributed by atoms with van der Waals surface area (Å²) in [5.41, 5.74) is 2.53. The van der Waals surface area contributed by atoms with E-state index in [-0.39, 0.29) is 18.5 Å². The van der Waals surface area contributed by atoms with E-state index in [2.05, 4.69) is 46.6 Å². The van der Waals surface area contributed by atoms with Crippen molar-refractivity contribution < 1.29 is 9.59 Å². The lowest BCUT2D eigenvalue weighted by Gasteiger charge is -2.38. The molecule has 0 saturated carbocycles. The molecule has 6 nitrogen and oxygen atoms in total. The van der Waals surface area contributed by atoms with Gasteiger partial charge in [-0.15, -0.1) is 0 Å². The summed E-state index contributed by atoms with van der Waals surface area (Å²) >= 11 is 3.55. The van der Waals surface area contributed by atoms with Gasteiger partial charge in [-0.2, -0.15) is 0 Å². The lowest BCUT2D eigenvalue weighted by Crippen LogP contribution is -2.44. The molecular weight excluding hydrogens is 456 g/mol. The monoisotopic (exact) mass is 490 g/mol. The van der Waals surface area contributed by atoms with E-state index in [0.29, 0.717) is 17.5 Å². The number of carbonyl (C=O) groups is 2. The Morgan fingerprint density at radius 1 is 1.13 bits per heavy atom. The molecule has 2 saturated heterocycles. The SMILES string of the molecule is C=C(c1cc(Br)ccc1NC(=O)N(C)CC(=O)N1CCCCC1)N1C[C@H](C)C[C@H](C)C1. The van der Waals surface area contributed by atoms with E-state index in [1.54, 1.807) is 7.05 Å². The number of amides is 3. The molecule has 3 rings (SSSR count). The van der Waals surface area contributed by atoms with Crippen LogP contribution < -0.4 is 5.32 Å². The van der Waals surface area contributed by atoms with Crippen LogP contribution >= 0.6 is 15.9 Å². The number of hydrogen-bond donors (Lipinski definition) is 1. The van der Waals surface area contributed by atoms with Crippen molar-refractivity contribution in [2.75, 3.05) is 45.1 Å². The molecule has 3 amide bonds. The van der Waals surface area contributed by atoms with Gasteiger partial charge in [0.05, 0.1) is 5.69 Å². The number of hydrogen-bond acceptors (Lipinski definition) is 3. The molecule has 0 radical (unpaired) electrons. The van der Waals surface area contributed by atoms with Crippen molar-refractivity contribution in [1.82, 2.24) is 14.7 Å². The van der Waals surface area contributed by atoms with Crippen LogP contribution in [0.5, 0.6) is 0 Å². The summed E-state index contributed by atoms with van der Waals surface area (Å²) in [4.78, 5) is 31.0. The molecule has 2 heterocycles. The number of benzene rings is 1. The van der Waals surface area contributed by atoms with Crippen LogP contribution in [0, 0.1) is 11.8 Å². The van der Waals surface area contributed by atoms with Crippen LogP contribution in [0.4, 0.5) is 10.5 Å². The number of piperidine rings is 2. The third-order valence-corrected chi connectivity index (χ3v) is 6.71. The molecule has 2 fully saturated rings. The standard InChI is InChI=1S/C24H35BrN4O2/c1-17-12-18(2)15-29(14-17)19(3)21-13-20(25)8-9-22(21)26-24(31)27(4)16-23(30)28-10-6-5-7-11-28/h8-9,13,17-18H,3,5-7,10-12,14-16H2,1-2,4H3,(H,26,31)/t17-,18+. The summed E-state index contributed by atoms with van der Waals surface area (Å²) in [6.07, 6.45) is 4.48. The fraction of sp³-hybridized carbons (Fsp3) is 0.583. The second kappa shape index (κ2) is 10.5. The van der Waals surface area contributed by atoms with E-state index in [1.807, 2.05) is 23.1 Å². The third-order valence-electron chi connectivity index (χ3n) is 6.21. The van der Waals surface area contributed by atoms with Crippen LogP contribution in [0.3, 0.4) is 0 Å². The molecule has 1 N–H and O–H groups in total. The number of nitrogens with zero attached hydrogens (tertiary/aromatic N) is 3. The van der Waals surface area contributed by atoms with Crippen LogP contribution in [0.15, 0.2) is 29.3 Å². The second-order valence-electron chi connectivity index (χ2n) is 9.22. The first-order valence-electron chi connectivity index (χ1n) is 11.3. The molecule has 0 unspecified atom stereocenters. The summed E-state index contributed by atoms with van der Waals surface area (Å²) in [6.45, 7) is 12.5. The number of likely N-dealkylation sites (tertiary alicyclic amines) is 2. The summed E-state index contributed by atoms with van der Waals surface area (Å²) in [7, 11) is 1.67. The number of rotatable bonds is 5. The zero-order valence-corrected chi connectivity index (χ0v) is 20.6. The number of anilines is 1. The summed E-state index contributed by atoms with van der Waals surface area (Å²) in [6, 6.07) is 5.51. The van der Waals surface area contributed by atoms with Gasteiger partial charge in [-0.1, -0.05) is 36.4 Å². The Kier molecular flexibility index (Phi) is 8.03. The van der Waals surface area contributed by atoms with Crippen molar-refractivity contribution in [1.29, 1.82) is 0 Å². The molecule has 0 bridgehead atoms. The summed E-state index contributed by atoms with van der Waals surface area (Å²) < 4.78 is 0.938. The molecule has 170 valence electrons. The van der Waals surface area contributed by atoms with E-state index in [1.165, 1.54) is 17.7 Å². The number of halogens is 1. The molecule has 0 aromatic heterocycles. The van der Waals surface area contributed by atoms with Crippen molar-refractivity contribution in [3.63, 3.8) is 0 Å². The minimum Gasteiger partial charge on any atom is -0.371 e. The average Bonchev–Trinajstić information content (AvgIpc) is 2.74. The fourth-order valence-electron chi connectivity index (χ4n) is 4.65. The van der Waals surface area contributed by atoms with Gasteiger partial charge in [-0.3, -0.25) is 4.79 Å². The van der Waals surface area contributed by atoms with Crippen LogP contribution in [0.25, 0.3) is 5.70 Å². The lowest BCUT2D eigenvalue weighted by atomic mass is 9.91. The smallest absolute Gasteiger partial charge is 0.322 e. The number of likely N-dealkylation sites (N-methyl/N-ethyl adjacent to an activating group) is 1. The van der Waals surface area contributed by atoms with Crippen molar-refractivity contribution in [3.05, 3.63) is 34.8 Å². The molecule has 31 heavy (non-hydrogen) atoms. The molecule has 1 aromatic carbocycles. The lowest BCUT2D eigenvalue weighted by molar-refractivity contribution is -0.132. The summed E-state index contributed by atoms with van der Waals surface area (Å²) in [5.74, 6) is 1.23. The zero-order chi connectivity index (χ0) is 22.5. The van der Waals surface area contributed by atoms with Gasteiger partial charge < -0.3 is 20.0 Å². The number of nitrogens with one attached hydrogen (secondary N) is 1. The minimum absolute atomic E-state index is 0.00841. The highest BCUT2D eigenvalue weighted by atomic mass is 79.9. The van der Waals surface area contributed by atoms with Crippen molar-refractivity contribution in [2.24, 2.45) is 11.8 Å². The fourth-order valence-corrected chi connectivity index (χ4v) is 5.01. The molecule has 0 spiro atoms. The van der Waals surface area contributed by atoms with Gasteiger partial charge >= 0.3 is 6.03 Å². The Hall–Kier alpha value is -2.02. The van der Waals surface area contributed by atoms with Crippen LogP contribution in [-0.2, 0) is 4.79 Å². The van der Waals surface area contributed by atoms with Crippen LogP contribution in [0.1, 0.15) is 45.1 Å². The van der Waals surface area contributed by atoms with E-state index in [9.17, 15) is 9.59 Å². The Labute approximate surface area is 194 Å². The maximum atomic E-state index is 12.9. The second-order valence-corrected chi connectivity index (χ2v) is 10.1. The van der Waals surface area contributed by atoms with E-state index < -0.39 is 0 Å². The number of urea groups is 1. The van der Waals surface area contributed by atoms with Gasteiger partial charge in [0.15, 0.2) is 0 Å². The largest absolute Gasteiger partial charge is 0.371 e. The quantitative estimate of drug-likeness (QED) is 0.639. The van der Waals surface area contributed by atoms with Crippen molar-refractivity contribution >= 4 is 39.3 Å². The topological polar surface area (TPSA) is 55.9 Å². The molecule has 7 heteroatoms. The predicted octanol–water partition coefficient (Wildman–Crippen LogP) is 4.87. The van der Waals surface area contributed by atoms with Crippen molar-refractivity contribution in [2.45, 2.75) is 39.5 Å². The van der Waals surface area contributed by atoms with Gasteiger partial charge in [0.1, 0.15) is 6.54 Å². The maximum Gasteiger partial charge on any atom is 0.322 e. The number of carbonyl (C=O) groups excluding carboxylic acids is 2. The third kappa shape index (κ3) is 6.25. The summed E-state index contributed by atoms with van der Waals surface area (Å²) in [5, 5.41) is 3.00. The molecular formula is C24H35BrN4O2. The Bertz CT molecular complexity index is 812. The Morgan fingerprint density at radius 2 is 1.77 bits per heavy atom. The Morgan fingerprint density at radius 3 is 2.42 bits per heavy atom. The molecule has 0 aliphatic carbocycles. The van der Waals surface area contributed by atoms with Gasteiger partial charge in [-0.05, 0) is 55.7 Å². The van der Waals surface area contributed by atoms with Crippen molar-refractivity contribution in [3.8, 4) is 0 Å². The molecule has 2 aliphatic heterocycles.